The molecule has 0 spiro atoms. The largest absolute Gasteiger partial charge is 0.494 e. The van der Waals surface area contributed by atoms with Crippen molar-refractivity contribution in [3.63, 3.8) is 0 Å². The Hall–Kier alpha value is -1.69. The Morgan fingerprint density at radius 3 is 2.52 bits per heavy atom. The second-order valence-electron chi connectivity index (χ2n) is 4.57. The van der Waals surface area contributed by atoms with Crippen molar-refractivity contribution in [2.75, 3.05) is 7.11 Å². The quantitative estimate of drug-likeness (QED) is 0.657. The van der Waals surface area contributed by atoms with Crippen LogP contribution in [0.1, 0.15) is 17.2 Å². The topological polar surface area (TPSA) is 47.3 Å². The lowest BCUT2D eigenvalue weighted by Crippen LogP contribution is -2.29. The number of hydrazine groups is 1. The number of halogens is 3. The van der Waals surface area contributed by atoms with E-state index in [1.54, 1.807) is 12.1 Å². The molecule has 0 aliphatic rings. The highest BCUT2D eigenvalue weighted by Crippen LogP contribution is 2.25. The third-order valence-electron chi connectivity index (χ3n) is 3.20. The van der Waals surface area contributed by atoms with E-state index in [0.29, 0.717) is 12.0 Å². The first-order valence-electron chi connectivity index (χ1n) is 6.28. The molecule has 2 rings (SSSR count). The maximum Gasteiger partial charge on any atom is 0.165 e. The Labute approximate surface area is 126 Å². The van der Waals surface area contributed by atoms with Gasteiger partial charge in [-0.1, -0.05) is 23.7 Å². The van der Waals surface area contributed by atoms with Crippen molar-refractivity contribution < 1.29 is 13.5 Å². The minimum atomic E-state index is -0.479. The minimum absolute atomic E-state index is 0.0455. The van der Waals surface area contributed by atoms with Crippen molar-refractivity contribution in [2.45, 2.75) is 12.5 Å². The van der Waals surface area contributed by atoms with Gasteiger partial charge in [-0.2, -0.15) is 0 Å². The molecule has 0 radical (unpaired) electrons. The molecule has 3 nitrogen and oxygen atoms in total. The maximum absolute atomic E-state index is 13.7. The first-order chi connectivity index (χ1) is 10.0. The molecule has 0 saturated heterocycles. The van der Waals surface area contributed by atoms with Gasteiger partial charge in [0.2, 0.25) is 0 Å². The second kappa shape index (κ2) is 6.85. The van der Waals surface area contributed by atoms with Crippen molar-refractivity contribution in [2.24, 2.45) is 5.84 Å². The third-order valence-corrected chi connectivity index (χ3v) is 3.49. The van der Waals surface area contributed by atoms with Gasteiger partial charge in [-0.05, 0) is 41.8 Å². The van der Waals surface area contributed by atoms with Crippen LogP contribution in [0, 0.1) is 11.6 Å². The summed E-state index contributed by atoms with van der Waals surface area (Å²) in [5, 5.41) is 0.0455. The summed E-state index contributed by atoms with van der Waals surface area (Å²) in [5.41, 5.74) is 4.08. The number of ether oxygens (including phenoxy) is 1. The summed E-state index contributed by atoms with van der Waals surface area (Å²) in [6, 6.07) is 8.72. The second-order valence-corrected chi connectivity index (χ2v) is 4.97. The fourth-order valence-corrected chi connectivity index (χ4v) is 2.28. The van der Waals surface area contributed by atoms with Crippen LogP contribution >= 0.6 is 11.6 Å². The van der Waals surface area contributed by atoms with Gasteiger partial charge in [0.1, 0.15) is 5.82 Å². The monoisotopic (exact) mass is 312 g/mol. The molecular formula is C15H15ClF2N2O. The summed E-state index contributed by atoms with van der Waals surface area (Å²) in [4.78, 5) is 0. The molecule has 0 aliphatic carbocycles. The van der Waals surface area contributed by atoms with Crippen molar-refractivity contribution in [3.8, 4) is 5.75 Å². The lowest BCUT2D eigenvalue weighted by Gasteiger charge is -2.17. The van der Waals surface area contributed by atoms with Crippen LogP contribution in [0.4, 0.5) is 8.78 Å². The number of hydrogen-bond donors (Lipinski definition) is 2. The Kier molecular flexibility index (Phi) is 5.12. The van der Waals surface area contributed by atoms with Gasteiger partial charge in [0.15, 0.2) is 11.6 Å². The fraction of sp³-hybridized carbons (Fsp3) is 0.200. The van der Waals surface area contributed by atoms with E-state index in [9.17, 15) is 8.78 Å². The van der Waals surface area contributed by atoms with E-state index in [4.69, 9.17) is 22.2 Å². The van der Waals surface area contributed by atoms with Crippen molar-refractivity contribution in [1.82, 2.24) is 5.43 Å². The van der Waals surface area contributed by atoms with Crippen LogP contribution in [0.25, 0.3) is 0 Å². The molecule has 21 heavy (non-hydrogen) atoms. The molecule has 0 saturated carbocycles. The SMILES string of the molecule is COc1ccc(C(Cc2ccc(F)c(Cl)c2)NN)cc1F. The van der Waals surface area contributed by atoms with Gasteiger partial charge in [-0.25, -0.2) is 8.78 Å². The molecule has 6 heteroatoms. The first-order valence-corrected chi connectivity index (χ1v) is 6.66. The zero-order valence-electron chi connectivity index (χ0n) is 11.4. The Morgan fingerprint density at radius 1 is 1.19 bits per heavy atom. The number of nitrogens with one attached hydrogen (secondary N) is 1. The Balaban J connectivity index is 2.23. The molecule has 1 atom stereocenters. The van der Waals surface area contributed by atoms with Gasteiger partial charge in [0, 0.05) is 0 Å². The van der Waals surface area contributed by atoms with Gasteiger partial charge in [0.05, 0.1) is 18.2 Å². The average molecular weight is 313 g/mol. The number of rotatable bonds is 5. The van der Waals surface area contributed by atoms with Gasteiger partial charge in [0.25, 0.3) is 0 Å². The number of benzene rings is 2. The molecule has 2 aromatic rings. The van der Waals surface area contributed by atoms with Crippen molar-refractivity contribution in [3.05, 3.63) is 64.2 Å². The summed E-state index contributed by atoms with van der Waals surface area (Å²) >= 11 is 5.75. The standard InChI is InChI=1S/C15H15ClF2N2O/c1-21-15-5-3-10(8-13(15)18)14(20-19)7-9-2-4-12(17)11(16)6-9/h2-6,8,14,20H,7,19H2,1H3. The molecule has 0 aromatic heterocycles. The summed E-state index contributed by atoms with van der Waals surface area (Å²) < 4.78 is 31.8. The van der Waals surface area contributed by atoms with E-state index >= 15 is 0 Å². The summed E-state index contributed by atoms with van der Waals surface area (Å²) in [5.74, 6) is 4.75. The number of nitrogens with two attached hydrogens (primary N) is 1. The normalized spacial score (nSPS) is 12.2. The molecule has 1 unspecified atom stereocenters. The Bertz CT molecular complexity index is 637. The van der Waals surface area contributed by atoms with E-state index in [0.717, 1.165) is 5.56 Å². The van der Waals surface area contributed by atoms with Crippen LogP contribution < -0.4 is 16.0 Å². The lowest BCUT2D eigenvalue weighted by atomic mass is 9.99. The smallest absolute Gasteiger partial charge is 0.165 e. The molecule has 0 aliphatic heterocycles. The highest BCUT2D eigenvalue weighted by atomic mass is 35.5. The van der Waals surface area contributed by atoms with Gasteiger partial charge >= 0.3 is 0 Å². The van der Waals surface area contributed by atoms with Crippen LogP contribution in [-0.2, 0) is 6.42 Å². The summed E-state index contributed by atoms with van der Waals surface area (Å²) in [6.45, 7) is 0. The summed E-state index contributed by atoms with van der Waals surface area (Å²) in [7, 11) is 1.40. The van der Waals surface area contributed by atoms with E-state index in [1.165, 1.54) is 31.4 Å². The molecule has 0 heterocycles. The van der Waals surface area contributed by atoms with Gasteiger partial charge in [-0.3, -0.25) is 11.3 Å². The third kappa shape index (κ3) is 3.69. The van der Waals surface area contributed by atoms with Crippen LogP contribution in [0.15, 0.2) is 36.4 Å². The lowest BCUT2D eigenvalue weighted by molar-refractivity contribution is 0.385. The van der Waals surface area contributed by atoms with E-state index in [1.807, 2.05) is 0 Å². The highest BCUT2D eigenvalue weighted by Gasteiger charge is 2.14. The molecule has 0 fully saturated rings. The maximum atomic E-state index is 13.7. The highest BCUT2D eigenvalue weighted by molar-refractivity contribution is 6.30. The first kappa shape index (κ1) is 15.7. The fourth-order valence-electron chi connectivity index (χ4n) is 2.07. The van der Waals surface area contributed by atoms with Crippen LogP contribution in [0.5, 0.6) is 5.75 Å². The number of hydrogen-bond acceptors (Lipinski definition) is 3. The van der Waals surface area contributed by atoms with Crippen molar-refractivity contribution >= 4 is 11.6 Å². The molecule has 3 N–H and O–H groups in total. The van der Waals surface area contributed by atoms with E-state index in [-0.39, 0.29) is 16.8 Å². The predicted octanol–water partition coefficient (Wildman–Crippen LogP) is 3.37. The predicted molar refractivity (Wildman–Crippen MR) is 78.1 cm³/mol. The zero-order valence-corrected chi connectivity index (χ0v) is 12.1. The average Bonchev–Trinajstić information content (AvgIpc) is 2.48. The Morgan fingerprint density at radius 2 is 1.95 bits per heavy atom. The summed E-state index contributed by atoms with van der Waals surface area (Å²) in [6.07, 6.45) is 0.447. The molecule has 0 bridgehead atoms. The zero-order chi connectivity index (χ0) is 15.4. The van der Waals surface area contributed by atoms with Gasteiger partial charge in [-0.15, -0.1) is 0 Å². The molecule has 2 aromatic carbocycles. The number of methoxy groups -OCH3 is 1. The van der Waals surface area contributed by atoms with Crippen LogP contribution in [0.3, 0.4) is 0 Å². The molecule has 112 valence electrons. The van der Waals surface area contributed by atoms with E-state index < -0.39 is 11.6 Å². The molecular weight excluding hydrogens is 298 g/mol. The van der Waals surface area contributed by atoms with Crippen molar-refractivity contribution in [1.29, 1.82) is 0 Å². The van der Waals surface area contributed by atoms with E-state index in [2.05, 4.69) is 5.43 Å². The molecule has 0 amide bonds. The van der Waals surface area contributed by atoms with Crippen LogP contribution in [-0.4, -0.2) is 7.11 Å². The van der Waals surface area contributed by atoms with Gasteiger partial charge < -0.3 is 4.74 Å². The van der Waals surface area contributed by atoms with Crippen LogP contribution in [0.2, 0.25) is 5.02 Å². The minimum Gasteiger partial charge on any atom is -0.494 e.